The molecule has 0 spiro atoms. The van der Waals surface area contributed by atoms with Crippen molar-refractivity contribution in [2.75, 3.05) is 48.3 Å². The first kappa shape index (κ1) is 46.9. The van der Waals surface area contributed by atoms with Crippen LogP contribution in [0.1, 0.15) is 128 Å². The number of hydrogen-bond acceptors (Lipinski definition) is 10. The molecule has 0 aliphatic carbocycles. The SMILES string of the molecule is CC.CC(C)(C)CN(Cc1ccc(CCCN2CCCCC2)cc1)c1ccnc(C#N)n1.CC(CS)c1ccc(CN(CC(C)(C)C)c2ccnc(C#N)n2)cc1. The van der Waals surface area contributed by atoms with Gasteiger partial charge in [0.1, 0.15) is 23.8 Å². The lowest BCUT2D eigenvalue weighted by atomic mass is 9.95. The summed E-state index contributed by atoms with van der Waals surface area (Å²) in [6.45, 7) is 26.4. The van der Waals surface area contributed by atoms with Gasteiger partial charge in [-0.2, -0.15) is 23.2 Å². The summed E-state index contributed by atoms with van der Waals surface area (Å²) in [5, 5.41) is 18.2. The Morgan fingerprint density at radius 2 is 1.12 bits per heavy atom. The van der Waals surface area contributed by atoms with Gasteiger partial charge in [0.25, 0.3) is 0 Å². The fourth-order valence-electron chi connectivity index (χ4n) is 6.74. The Labute approximate surface area is 350 Å². The van der Waals surface area contributed by atoms with Crippen LogP contribution in [-0.2, 0) is 19.5 Å². The standard InChI is InChI=1S/C25H35N5.C20H26N4S.C2H6/c1-25(2,3)20-30(24-13-14-27-23(18-26)28-24)19-22-11-9-21(10-12-22)8-7-17-29-15-5-4-6-16-29;1-15(13-25)17-7-5-16(6-8-17)12-24(14-20(2,3)4)19-9-10-22-18(11-21)23-19;1-2/h9-14H,4-8,15-17,19-20H2,1-3H3;5-10,15,25H,12-14H2,1-4H3;1-2H3. The van der Waals surface area contributed by atoms with Crippen molar-refractivity contribution >= 4 is 24.3 Å². The van der Waals surface area contributed by atoms with Crippen molar-refractivity contribution in [2.24, 2.45) is 10.8 Å². The Hall–Kier alpha value is -4.51. The van der Waals surface area contributed by atoms with Gasteiger partial charge in [0, 0.05) is 38.6 Å². The van der Waals surface area contributed by atoms with Crippen molar-refractivity contribution in [3.05, 3.63) is 107 Å². The van der Waals surface area contributed by atoms with E-state index in [4.69, 9.17) is 10.5 Å². The number of nitriles is 2. The topological polar surface area (TPSA) is 109 Å². The van der Waals surface area contributed by atoms with E-state index in [0.717, 1.165) is 50.0 Å². The summed E-state index contributed by atoms with van der Waals surface area (Å²) in [6.07, 6.45) is 9.81. The molecule has 2 aromatic heterocycles. The van der Waals surface area contributed by atoms with E-state index >= 15 is 0 Å². The first-order chi connectivity index (χ1) is 27.2. The van der Waals surface area contributed by atoms with E-state index in [-0.39, 0.29) is 22.5 Å². The number of rotatable bonds is 14. The van der Waals surface area contributed by atoms with Crippen LogP contribution in [0.25, 0.3) is 0 Å². The van der Waals surface area contributed by atoms with Gasteiger partial charge in [-0.1, -0.05) is 117 Å². The molecule has 0 N–H and O–H groups in total. The molecule has 5 rings (SSSR count). The molecule has 1 aliphatic heterocycles. The van der Waals surface area contributed by atoms with Crippen LogP contribution in [0.3, 0.4) is 0 Å². The molecule has 1 fully saturated rings. The van der Waals surface area contributed by atoms with E-state index < -0.39 is 0 Å². The van der Waals surface area contributed by atoms with Crippen molar-refractivity contribution in [1.29, 1.82) is 10.5 Å². The third-order valence-corrected chi connectivity index (χ3v) is 9.99. The Bertz CT molecular complexity index is 1830. The van der Waals surface area contributed by atoms with Crippen LogP contribution in [0, 0.1) is 33.5 Å². The number of piperidine rings is 1. The van der Waals surface area contributed by atoms with Crippen molar-refractivity contribution in [3.8, 4) is 12.1 Å². The van der Waals surface area contributed by atoms with Gasteiger partial charge in [-0.25, -0.2) is 19.9 Å². The molecule has 0 saturated carbocycles. The van der Waals surface area contributed by atoms with Gasteiger partial charge in [-0.15, -0.1) is 0 Å². The third kappa shape index (κ3) is 17.3. The molecule has 0 radical (unpaired) electrons. The molecule has 3 heterocycles. The van der Waals surface area contributed by atoms with Crippen molar-refractivity contribution in [3.63, 3.8) is 0 Å². The zero-order chi connectivity index (χ0) is 41.8. The highest BCUT2D eigenvalue weighted by Crippen LogP contribution is 2.25. The highest BCUT2D eigenvalue weighted by atomic mass is 32.1. The molecule has 1 aliphatic rings. The number of thiol groups is 1. The van der Waals surface area contributed by atoms with E-state index in [2.05, 4.69) is 144 Å². The third-order valence-electron chi connectivity index (χ3n) is 9.44. The van der Waals surface area contributed by atoms with Crippen LogP contribution < -0.4 is 9.80 Å². The van der Waals surface area contributed by atoms with Gasteiger partial charge < -0.3 is 14.7 Å². The van der Waals surface area contributed by atoms with Gasteiger partial charge in [0.05, 0.1) is 0 Å². The second kappa shape index (κ2) is 23.7. The maximum atomic E-state index is 9.15. The summed E-state index contributed by atoms with van der Waals surface area (Å²) in [5.41, 5.74) is 5.42. The molecule has 0 amide bonds. The van der Waals surface area contributed by atoms with Gasteiger partial charge in [0.2, 0.25) is 11.6 Å². The fourth-order valence-corrected chi connectivity index (χ4v) is 6.95. The minimum atomic E-state index is 0.109. The fraction of sp³-hybridized carbons (Fsp3) is 0.532. The number of hydrogen-bond donors (Lipinski definition) is 1. The number of likely N-dealkylation sites (tertiary alicyclic amines) is 1. The minimum absolute atomic E-state index is 0.109. The zero-order valence-electron chi connectivity index (χ0n) is 36.2. The zero-order valence-corrected chi connectivity index (χ0v) is 37.1. The van der Waals surface area contributed by atoms with Crippen LogP contribution in [0.2, 0.25) is 0 Å². The second-order valence-electron chi connectivity index (χ2n) is 17.2. The number of aryl methyl sites for hydroxylation is 1. The normalized spacial score (nSPS) is 13.5. The Morgan fingerprint density at radius 3 is 1.54 bits per heavy atom. The Balaban J connectivity index is 0.000000297. The maximum Gasteiger partial charge on any atom is 0.234 e. The quantitative estimate of drug-likeness (QED) is 0.125. The maximum absolute atomic E-state index is 9.15. The van der Waals surface area contributed by atoms with Gasteiger partial charge in [-0.05, 0) is 102 Å². The second-order valence-corrected chi connectivity index (χ2v) is 17.5. The average molecular weight is 790 g/mol. The molecular weight excluding hydrogens is 723 g/mol. The minimum Gasteiger partial charge on any atom is -0.352 e. The molecule has 4 aromatic rings. The summed E-state index contributed by atoms with van der Waals surface area (Å²) in [7, 11) is 0. The van der Waals surface area contributed by atoms with Crippen LogP contribution in [0.15, 0.2) is 73.1 Å². The van der Waals surface area contributed by atoms with E-state index in [9.17, 15) is 0 Å². The summed E-state index contributed by atoms with van der Waals surface area (Å²) >= 11 is 4.37. The summed E-state index contributed by atoms with van der Waals surface area (Å²) < 4.78 is 0. The predicted molar refractivity (Wildman–Crippen MR) is 240 cm³/mol. The smallest absolute Gasteiger partial charge is 0.234 e. The van der Waals surface area contributed by atoms with E-state index in [1.807, 2.05) is 38.1 Å². The number of anilines is 2. The molecule has 2 aromatic carbocycles. The summed E-state index contributed by atoms with van der Waals surface area (Å²) in [5.74, 6) is 3.30. The molecular formula is C47H67N9S. The van der Waals surface area contributed by atoms with Crippen LogP contribution in [0.4, 0.5) is 11.6 Å². The molecule has 1 unspecified atom stereocenters. The first-order valence-corrected chi connectivity index (χ1v) is 21.3. The number of nitrogens with zero attached hydrogens (tertiary/aromatic N) is 9. The largest absolute Gasteiger partial charge is 0.352 e. The van der Waals surface area contributed by atoms with Gasteiger partial charge in [0.15, 0.2) is 0 Å². The molecule has 1 atom stereocenters. The number of aromatic nitrogens is 4. The van der Waals surface area contributed by atoms with E-state index in [1.165, 1.54) is 67.6 Å². The lowest BCUT2D eigenvalue weighted by Crippen LogP contribution is -2.33. The lowest BCUT2D eigenvalue weighted by Gasteiger charge is -2.31. The monoisotopic (exact) mass is 790 g/mol. The molecule has 10 heteroatoms. The molecule has 9 nitrogen and oxygen atoms in total. The van der Waals surface area contributed by atoms with Gasteiger partial charge >= 0.3 is 0 Å². The predicted octanol–water partition coefficient (Wildman–Crippen LogP) is 10.3. The summed E-state index contributed by atoms with van der Waals surface area (Å²) in [6, 6.07) is 25.5. The first-order valence-electron chi connectivity index (χ1n) is 20.7. The highest BCUT2D eigenvalue weighted by molar-refractivity contribution is 7.80. The van der Waals surface area contributed by atoms with Crippen molar-refractivity contribution < 1.29 is 0 Å². The Morgan fingerprint density at radius 1 is 0.684 bits per heavy atom. The summed E-state index contributed by atoms with van der Waals surface area (Å²) in [4.78, 5) is 23.9. The molecule has 57 heavy (non-hydrogen) atoms. The number of benzene rings is 2. The Kier molecular flexibility index (Phi) is 19.5. The molecule has 1 saturated heterocycles. The molecule has 306 valence electrons. The van der Waals surface area contributed by atoms with Crippen molar-refractivity contribution in [1.82, 2.24) is 24.8 Å². The highest BCUT2D eigenvalue weighted by Gasteiger charge is 2.20. The average Bonchev–Trinajstić information content (AvgIpc) is 3.21. The van der Waals surface area contributed by atoms with Crippen molar-refractivity contribution in [2.45, 2.75) is 113 Å². The lowest BCUT2D eigenvalue weighted by molar-refractivity contribution is 0.226. The van der Waals surface area contributed by atoms with Crippen LogP contribution in [-0.4, -0.2) is 63.3 Å². The van der Waals surface area contributed by atoms with Crippen LogP contribution in [0.5, 0.6) is 0 Å². The van der Waals surface area contributed by atoms with Gasteiger partial charge in [-0.3, -0.25) is 0 Å². The van der Waals surface area contributed by atoms with E-state index in [1.54, 1.807) is 12.4 Å². The van der Waals surface area contributed by atoms with Crippen LogP contribution >= 0.6 is 12.6 Å². The molecule has 0 bridgehead atoms. The van der Waals surface area contributed by atoms with E-state index in [0.29, 0.717) is 5.92 Å².